The van der Waals surface area contributed by atoms with Gasteiger partial charge in [0.25, 0.3) is 0 Å². The van der Waals surface area contributed by atoms with Gasteiger partial charge in [0.05, 0.1) is 22.6 Å². The molecule has 0 aliphatic carbocycles. The number of likely N-dealkylation sites (N-methyl/N-ethyl adjacent to an activating group) is 1. The summed E-state index contributed by atoms with van der Waals surface area (Å²) in [5, 5.41) is -0.448. The molecule has 1 saturated heterocycles. The molecule has 7 heteroatoms. The van der Waals surface area contributed by atoms with Gasteiger partial charge < -0.3 is 9.80 Å². The van der Waals surface area contributed by atoms with Crippen LogP contribution in [0.3, 0.4) is 0 Å². The molecule has 0 N–H and O–H groups in total. The largest absolute Gasteiger partial charge is 0.337 e. The van der Waals surface area contributed by atoms with Gasteiger partial charge in [-0.2, -0.15) is 11.8 Å². The zero-order chi connectivity index (χ0) is 19.3. The quantitative estimate of drug-likeness (QED) is 0.736. The molecule has 0 saturated carbocycles. The number of rotatable bonds is 6. The summed E-state index contributed by atoms with van der Waals surface area (Å²) >= 11 is 1.91. The number of nitrogens with zero attached hydrogens (tertiary/aromatic N) is 2. The van der Waals surface area contributed by atoms with E-state index in [0.29, 0.717) is 11.3 Å². The maximum Gasteiger partial charge on any atom is 0.227 e. The first-order chi connectivity index (χ1) is 12.2. The van der Waals surface area contributed by atoms with Crippen molar-refractivity contribution in [1.29, 1.82) is 0 Å². The van der Waals surface area contributed by atoms with Gasteiger partial charge in [0.15, 0.2) is 9.84 Å². The van der Waals surface area contributed by atoms with Crippen LogP contribution in [0.15, 0.2) is 29.2 Å². The predicted octanol–water partition coefficient (Wildman–Crippen LogP) is 2.31. The van der Waals surface area contributed by atoms with Crippen molar-refractivity contribution in [2.45, 2.75) is 42.9 Å². The highest BCUT2D eigenvalue weighted by Gasteiger charge is 2.26. The molecule has 0 aromatic heterocycles. The smallest absolute Gasteiger partial charge is 0.227 e. The van der Waals surface area contributed by atoms with E-state index >= 15 is 0 Å². The van der Waals surface area contributed by atoms with E-state index in [0.717, 1.165) is 36.6 Å². The molecule has 1 aliphatic rings. The summed E-state index contributed by atoms with van der Waals surface area (Å²) in [6, 6.07) is 6.99. The van der Waals surface area contributed by atoms with Crippen LogP contribution in [0.5, 0.6) is 0 Å². The van der Waals surface area contributed by atoms with Crippen molar-refractivity contribution in [3.63, 3.8) is 0 Å². The highest BCUT2D eigenvalue weighted by Crippen LogP contribution is 2.20. The molecule has 2 rings (SSSR count). The average molecular weight is 399 g/mol. The topological polar surface area (TPSA) is 57.7 Å². The first-order valence-electron chi connectivity index (χ1n) is 9.06. The lowest BCUT2D eigenvalue weighted by molar-refractivity contribution is -0.132. The Morgan fingerprint density at radius 1 is 1.27 bits per heavy atom. The van der Waals surface area contributed by atoms with Crippen molar-refractivity contribution in [3.05, 3.63) is 29.8 Å². The second kappa shape index (κ2) is 9.24. The van der Waals surface area contributed by atoms with Crippen molar-refractivity contribution in [2.75, 3.05) is 38.7 Å². The zero-order valence-electron chi connectivity index (χ0n) is 16.1. The molecule has 1 heterocycles. The van der Waals surface area contributed by atoms with Crippen LogP contribution in [-0.4, -0.2) is 74.1 Å². The maximum absolute atomic E-state index is 12.9. The molecule has 0 radical (unpaired) electrons. The number of hydrogen-bond donors (Lipinski definition) is 0. The number of thioether (sulfide) groups is 1. The minimum absolute atomic E-state index is 0.124. The molecule has 1 amide bonds. The second-order valence-electron chi connectivity index (χ2n) is 7.35. The zero-order valence-corrected chi connectivity index (χ0v) is 17.8. The van der Waals surface area contributed by atoms with Crippen LogP contribution in [0.25, 0.3) is 0 Å². The SMILES string of the molecule is CC(C)S(=O)(=O)c1ccc(CC(=O)N2CCCSC[C@H]2CN(C)C)cc1. The number of carbonyl (C=O) groups is 1. The van der Waals surface area contributed by atoms with Crippen molar-refractivity contribution >= 4 is 27.5 Å². The lowest BCUT2D eigenvalue weighted by Crippen LogP contribution is -2.47. The fourth-order valence-electron chi connectivity index (χ4n) is 3.08. The van der Waals surface area contributed by atoms with Crippen molar-refractivity contribution in [3.8, 4) is 0 Å². The van der Waals surface area contributed by atoms with Crippen LogP contribution in [-0.2, 0) is 21.1 Å². The molecule has 1 aromatic carbocycles. The highest BCUT2D eigenvalue weighted by atomic mass is 32.2. The predicted molar refractivity (Wildman–Crippen MR) is 108 cm³/mol. The van der Waals surface area contributed by atoms with Crippen LogP contribution in [0, 0.1) is 0 Å². The Balaban J connectivity index is 2.10. The van der Waals surface area contributed by atoms with Crippen LogP contribution in [0.4, 0.5) is 0 Å². The summed E-state index contributed by atoms with van der Waals surface area (Å²) in [5.41, 5.74) is 0.859. The molecule has 1 aliphatic heterocycles. The molecule has 0 bridgehead atoms. The van der Waals surface area contributed by atoms with Gasteiger partial charge in [-0.25, -0.2) is 8.42 Å². The standard InChI is InChI=1S/C19H30N2O3S2/c1-15(2)26(23,24)18-8-6-16(7-9-18)12-19(22)21-10-5-11-25-14-17(21)13-20(3)4/h6-9,15,17H,5,10-14H2,1-4H3/t17-/m1/s1. The molecule has 5 nitrogen and oxygen atoms in total. The van der Waals surface area contributed by atoms with Crippen molar-refractivity contribution < 1.29 is 13.2 Å². The molecule has 146 valence electrons. The monoisotopic (exact) mass is 398 g/mol. The summed E-state index contributed by atoms with van der Waals surface area (Å²) in [6.45, 7) is 5.01. The fraction of sp³-hybridized carbons (Fsp3) is 0.632. The molecular weight excluding hydrogens is 368 g/mol. The van der Waals surface area contributed by atoms with Crippen LogP contribution in [0.1, 0.15) is 25.8 Å². The van der Waals surface area contributed by atoms with Gasteiger partial charge in [-0.3, -0.25) is 4.79 Å². The number of amides is 1. The highest BCUT2D eigenvalue weighted by molar-refractivity contribution is 7.99. The molecule has 26 heavy (non-hydrogen) atoms. The van der Waals surface area contributed by atoms with E-state index in [1.165, 1.54) is 0 Å². The molecule has 1 aromatic rings. The van der Waals surface area contributed by atoms with E-state index in [1.807, 2.05) is 30.8 Å². The number of hydrogen-bond acceptors (Lipinski definition) is 5. The third kappa shape index (κ3) is 5.47. The Morgan fingerprint density at radius 3 is 2.50 bits per heavy atom. The maximum atomic E-state index is 12.9. The summed E-state index contributed by atoms with van der Waals surface area (Å²) in [5.74, 6) is 2.18. The Bertz CT molecular complexity index is 700. The van der Waals surface area contributed by atoms with Gasteiger partial charge in [-0.1, -0.05) is 12.1 Å². The van der Waals surface area contributed by atoms with E-state index in [-0.39, 0.29) is 11.9 Å². The Hall–Kier alpha value is -1.05. The Morgan fingerprint density at radius 2 is 1.92 bits per heavy atom. The minimum atomic E-state index is -3.27. The summed E-state index contributed by atoms with van der Waals surface area (Å²) < 4.78 is 24.4. The third-order valence-corrected chi connectivity index (χ3v) is 7.93. The van der Waals surface area contributed by atoms with Crippen LogP contribution < -0.4 is 0 Å². The number of carbonyl (C=O) groups excluding carboxylic acids is 1. The summed E-state index contributed by atoms with van der Waals surface area (Å²) in [4.78, 5) is 17.3. The average Bonchev–Trinajstić information content (AvgIpc) is 2.80. The van der Waals surface area contributed by atoms with E-state index in [1.54, 1.807) is 38.1 Å². The molecule has 0 spiro atoms. The van der Waals surface area contributed by atoms with Gasteiger partial charge >= 0.3 is 0 Å². The van der Waals surface area contributed by atoms with E-state index in [9.17, 15) is 13.2 Å². The molecular formula is C19H30N2O3S2. The van der Waals surface area contributed by atoms with Crippen LogP contribution in [0.2, 0.25) is 0 Å². The van der Waals surface area contributed by atoms with Gasteiger partial charge in [0.1, 0.15) is 0 Å². The third-order valence-electron chi connectivity index (χ3n) is 4.56. The van der Waals surface area contributed by atoms with E-state index in [2.05, 4.69) is 4.90 Å². The van der Waals surface area contributed by atoms with Crippen molar-refractivity contribution in [2.24, 2.45) is 0 Å². The molecule has 1 fully saturated rings. The lowest BCUT2D eigenvalue weighted by Gasteiger charge is -2.32. The lowest BCUT2D eigenvalue weighted by atomic mass is 10.1. The number of benzene rings is 1. The van der Waals surface area contributed by atoms with E-state index < -0.39 is 15.1 Å². The first-order valence-corrected chi connectivity index (χ1v) is 11.8. The fourth-order valence-corrected chi connectivity index (χ4v) is 5.19. The molecule has 1 atom stereocenters. The van der Waals surface area contributed by atoms with E-state index in [4.69, 9.17) is 0 Å². The van der Waals surface area contributed by atoms with Gasteiger partial charge in [0.2, 0.25) is 5.91 Å². The Kier molecular flexibility index (Phi) is 7.55. The number of sulfone groups is 1. The molecule has 0 unspecified atom stereocenters. The summed E-state index contributed by atoms with van der Waals surface area (Å²) in [7, 11) is 0.794. The summed E-state index contributed by atoms with van der Waals surface area (Å²) in [6.07, 6.45) is 1.34. The van der Waals surface area contributed by atoms with Gasteiger partial charge in [0, 0.05) is 18.8 Å². The second-order valence-corrected chi connectivity index (χ2v) is 11.0. The first kappa shape index (κ1) is 21.3. The van der Waals surface area contributed by atoms with Crippen molar-refractivity contribution in [1.82, 2.24) is 9.80 Å². The Labute approximate surface area is 162 Å². The normalized spacial score (nSPS) is 19.0. The van der Waals surface area contributed by atoms with Crippen LogP contribution >= 0.6 is 11.8 Å². The van der Waals surface area contributed by atoms with Gasteiger partial charge in [-0.15, -0.1) is 0 Å². The van der Waals surface area contributed by atoms with Gasteiger partial charge in [-0.05, 0) is 57.8 Å². The minimum Gasteiger partial charge on any atom is -0.337 e.